The molecule has 0 heterocycles. The summed E-state index contributed by atoms with van der Waals surface area (Å²) >= 11 is 11.4. The average molecular weight is 259 g/mol. The van der Waals surface area contributed by atoms with Crippen LogP contribution in [0.2, 0.25) is 5.02 Å². The average Bonchev–Trinajstić information content (AvgIpc) is 2.29. The van der Waals surface area contributed by atoms with Gasteiger partial charge in [0.2, 0.25) is 0 Å². The third kappa shape index (κ3) is 3.28. The first-order valence-electron chi connectivity index (χ1n) is 4.76. The van der Waals surface area contributed by atoms with Crippen molar-refractivity contribution in [2.75, 3.05) is 17.7 Å². The Morgan fingerprint density at radius 1 is 1.56 bits per heavy atom. The molecule has 0 aliphatic heterocycles. The van der Waals surface area contributed by atoms with E-state index in [1.54, 1.807) is 12.1 Å². The number of nitrogens with one attached hydrogen (secondary N) is 1. The van der Waals surface area contributed by atoms with Crippen LogP contribution in [0, 0.1) is 18.3 Å². The summed E-state index contributed by atoms with van der Waals surface area (Å²) < 4.78 is 0. The molecule has 1 aromatic carbocycles. The molecule has 0 bridgehead atoms. The van der Waals surface area contributed by atoms with Crippen LogP contribution in [-0.4, -0.2) is 23.6 Å². The summed E-state index contributed by atoms with van der Waals surface area (Å²) in [5.74, 6) is 0.147. The minimum absolute atomic E-state index is 0.147. The second-order valence-electron chi connectivity index (χ2n) is 3.45. The van der Waals surface area contributed by atoms with E-state index in [2.05, 4.69) is 11.4 Å². The summed E-state index contributed by atoms with van der Waals surface area (Å²) in [4.78, 5) is 0. The minimum atomic E-state index is -0.645. The molecule has 2 N–H and O–H groups in total. The van der Waals surface area contributed by atoms with Gasteiger partial charge in [0.1, 0.15) is 6.07 Å². The number of aryl methyl sites for hydroxylation is 1. The predicted octanol–water partition coefficient (Wildman–Crippen LogP) is 2.53. The second-order valence-corrected chi connectivity index (χ2v) is 4.16. The highest BCUT2D eigenvalue weighted by atomic mass is 35.5. The van der Waals surface area contributed by atoms with Crippen LogP contribution >= 0.6 is 23.2 Å². The van der Waals surface area contributed by atoms with E-state index in [4.69, 9.17) is 28.5 Å². The molecule has 1 unspecified atom stereocenters. The first-order valence-corrected chi connectivity index (χ1v) is 5.68. The SMILES string of the molecule is Cc1cc(C#N)c(NCC(O)CCl)cc1Cl. The number of rotatable bonds is 4. The Morgan fingerprint density at radius 2 is 2.25 bits per heavy atom. The fourth-order valence-corrected chi connectivity index (χ4v) is 1.48. The van der Waals surface area contributed by atoms with Crippen molar-refractivity contribution in [3.8, 4) is 6.07 Å². The largest absolute Gasteiger partial charge is 0.390 e. The van der Waals surface area contributed by atoms with Crippen molar-refractivity contribution in [2.24, 2.45) is 0 Å². The third-order valence-electron chi connectivity index (χ3n) is 2.13. The molecule has 1 rings (SSSR count). The molecule has 1 atom stereocenters. The molecule has 86 valence electrons. The summed E-state index contributed by atoms with van der Waals surface area (Å²) in [7, 11) is 0. The normalized spacial score (nSPS) is 11.9. The summed E-state index contributed by atoms with van der Waals surface area (Å²) in [5.41, 5.74) is 1.97. The second kappa shape index (κ2) is 5.95. The quantitative estimate of drug-likeness (QED) is 0.817. The smallest absolute Gasteiger partial charge is 0.101 e. The maximum atomic E-state index is 9.30. The number of alkyl halides is 1. The van der Waals surface area contributed by atoms with E-state index >= 15 is 0 Å². The van der Waals surface area contributed by atoms with E-state index in [9.17, 15) is 5.11 Å². The van der Waals surface area contributed by atoms with E-state index in [1.807, 2.05) is 6.92 Å². The molecule has 0 saturated heterocycles. The highest BCUT2D eigenvalue weighted by Gasteiger charge is 2.07. The van der Waals surface area contributed by atoms with Gasteiger partial charge in [-0.1, -0.05) is 11.6 Å². The summed E-state index contributed by atoms with van der Waals surface area (Å²) in [5, 5.41) is 21.8. The topological polar surface area (TPSA) is 56.0 Å². The Labute approximate surface area is 105 Å². The van der Waals surface area contributed by atoms with Gasteiger partial charge in [-0.15, -0.1) is 11.6 Å². The summed E-state index contributed by atoms with van der Waals surface area (Å²) in [6, 6.07) is 5.45. The van der Waals surface area contributed by atoms with Crippen molar-refractivity contribution in [1.82, 2.24) is 0 Å². The van der Waals surface area contributed by atoms with Gasteiger partial charge < -0.3 is 10.4 Å². The molecule has 16 heavy (non-hydrogen) atoms. The van der Waals surface area contributed by atoms with Crippen LogP contribution in [0.4, 0.5) is 5.69 Å². The van der Waals surface area contributed by atoms with E-state index in [-0.39, 0.29) is 12.4 Å². The molecular weight excluding hydrogens is 247 g/mol. The number of nitrogens with zero attached hydrogens (tertiary/aromatic N) is 1. The molecule has 0 aromatic heterocycles. The van der Waals surface area contributed by atoms with Gasteiger partial charge >= 0.3 is 0 Å². The Balaban J connectivity index is 2.87. The number of hydrogen-bond donors (Lipinski definition) is 2. The third-order valence-corrected chi connectivity index (χ3v) is 2.89. The zero-order valence-electron chi connectivity index (χ0n) is 8.80. The lowest BCUT2D eigenvalue weighted by molar-refractivity contribution is 0.211. The molecular formula is C11H12Cl2N2O. The van der Waals surface area contributed by atoms with Gasteiger partial charge in [-0.05, 0) is 24.6 Å². The van der Waals surface area contributed by atoms with Crippen molar-refractivity contribution in [1.29, 1.82) is 5.26 Å². The maximum absolute atomic E-state index is 9.30. The first-order chi connectivity index (χ1) is 7.58. The zero-order valence-corrected chi connectivity index (χ0v) is 10.3. The number of nitriles is 1. The molecule has 3 nitrogen and oxygen atoms in total. The molecule has 0 spiro atoms. The molecule has 0 saturated carbocycles. The highest BCUT2D eigenvalue weighted by molar-refractivity contribution is 6.31. The van der Waals surface area contributed by atoms with Gasteiger partial charge in [-0.25, -0.2) is 0 Å². The fourth-order valence-electron chi connectivity index (χ4n) is 1.20. The summed E-state index contributed by atoms with van der Waals surface area (Å²) in [6.45, 7) is 2.12. The molecule has 0 aliphatic carbocycles. The first kappa shape index (κ1) is 13.1. The van der Waals surface area contributed by atoms with Crippen molar-refractivity contribution in [3.05, 3.63) is 28.3 Å². The Kier molecular flexibility index (Phi) is 4.88. The minimum Gasteiger partial charge on any atom is -0.390 e. The highest BCUT2D eigenvalue weighted by Crippen LogP contribution is 2.24. The number of benzene rings is 1. The molecule has 0 amide bonds. The Bertz CT molecular complexity index is 415. The lowest BCUT2D eigenvalue weighted by Crippen LogP contribution is -2.21. The van der Waals surface area contributed by atoms with Crippen LogP contribution in [0.25, 0.3) is 0 Å². The molecule has 0 fully saturated rings. The van der Waals surface area contributed by atoms with E-state index < -0.39 is 6.10 Å². The molecule has 1 aromatic rings. The van der Waals surface area contributed by atoms with Crippen molar-refractivity contribution < 1.29 is 5.11 Å². The van der Waals surface area contributed by atoms with Gasteiger partial charge in [0.15, 0.2) is 0 Å². The summed E-state index contributed by atoms with van der Waals surface area (Å²) in [6.07, 6.45) is -0.645. The van der Waals surface area contributed by atoms with Gasteiger partial charge in [0, 0.05) is 11.6 Å². The van der Waals surface area contributed by atoms with Gasteiger partial charge in [-0.2, -0.15) is 5.26 Å². The van der Waals surface area contributed by atoms with Crippen molar-refractivity contribution >= 4 is 28.9 Å². The van der Waals surface area contributed by atoms with Gasteiger partial charge in [0.25, 0.3) is 0 Å². The number of hydrogen-bond acceptors (Lipinski definition) is 3. The van der Waals surface area contributed by atoms with Crippen LogP contribution < -0.4 is 5.32 Å². The Morgan fingerprint density at radius 3 is 2.81 bits per heavy atom. The van der Waals surface area contributed by atoms with Gasteiger partial charge in [0.05, 0.1) is 23.2 Å². The monoisotopic (exact) mass is 258 g/mol. The number of aliphatic hydroxyl groups is 1. The van der Waals surface area contributed by atoms with Crippen LogP contribution in [0.1, 0.15) is 11.1 Å². The van der Waals surface area contributed by atoms with Crippen molar-refractivity contribution in [3.63, 3.8) is 0 Å². The predicted molar refractivity (Wildman–Crippen MR) is 66.1 cm³/mol. The Hall–Kier alpha value is -0.950. The van der Waals surface area contributed by atoms with E-state index in [0.29, 0.717) is 16.3 Å². The molecule has 5 heteroatoms. The number of anilines is 1. The number of aliphatic hydroxyl groups excluding tert-OH is 1. The van der Waals surface area contributed by atoms with E-state index in [1.165, 1.54) is 0 Å². The van der Waals surface area contributed by atoms with Crippen LogP contribution in [0.15, 0.2) is 12.1 Å². The lowest BCUT2D eigenvalue weighted by Gasteiger charge is -2.12. The standard InChI is InChI=1S/C11H12Cl2N2O/c1-7-2-8(5-14)11(3-10(7)13)15-6-9(16)4-12/h2-3,9,15-16H,4,6H2,1H3. The fraction of sp³-hybridized carbons (Fsp3) is 0.364. The van der Waals surface area contributed by atoms with Crippen LogP contribution in [0.3, 0.4) is 0 Å². The van der Waals surface area contributed by atoms with E-state index in [0.717, 1.165) is 5.56 Å². The molecule has 0 radical (unpaired) electrons. The van der Waals surface area contributed by atoms with Crippen molar-refractivity contribution in [2.45, 2.75) is 13.0 Å². The molecule has 0 aliphatic rings. The van der Waals surface area contributed by atoms with Crippen LogP contribution in [-0.2, 0) is 0 Å². The van der Waals surface area contributed by atoms with Crippen LogP contribution in [0.5, 0.6) is 0 Å². The maximum Gasteiger partial charge on any atom is 0.101 e. The van der Waals surface area contributed by atoms with Gasteiger partial charge in [-0.3, -0.25) is 0 Å². The number of halogens is 2. The lowest BCUT2D eigenvalue weighted by atomic mass is 10.1. The zero-order chi connectivity index (χ0) is 12.1.